The van der Waals surface area contributed by atoms with E-state index in [1.165, 1.54) is 38.5 Å². The molecule has 0 aromatic heterocycles. The minimum absolute atomic E-state index is 0.172. The van der Waals surface area contributed by atoms with Gasteiger partial charge >= 0.3 is 0 Å². The molecule has 1 saturated heterocycles. The Balaban J connectivity index is 2.01. The lowest BCUT2D eigenvalue weighted by atomic mass is 9.76. The summed E-state index contributed by atoms with van der Waals surface area (Å²) in [4.78, 5) is 0. The van der Waals surface area contributed by atoms with Crippen molar-refractivity contribution in [2.75, 3.05) is 0 Å². The average molecular weight is 210 g/mol. The first-order valence-electron chi connectivity index (χ1n) is 6.67. The Morgan fingerprint density at radius 2 is 2.00 bits per heavy atom. The quantitative estimate of drug-likeness (QED) is 0.679. The van der Waals surface area contributed by atoms with Gasteiger partial charge in [-0.3, -0.25) is 0 Å². The fraction of sp³-hybridized carbons (Fsp3) is 1.00. The Bertz CT molecular complexity index is 233. The molecule has 0 amide bonds. The highest BCUT2D eigenvalue weighted by Crippen LogP contribution is 2.57. The molecule has 3 unspecified atom stereocenters. The van der Waals surface area contributed by atoms with Crippen LogP contribution in [0.5, 0.6) is 0 Å². The molecule has 0 aromatic carbocycles. The fourth-order valence-electron chi connectivity index (χ4n) is 3.53. The van der Waals surface area contributed by atoms with Crippen LogP contribution >= 0.6 is 0 Å². The van der Waals surface area contributed by atoms with Gasteiger partial charge in [-0.25, -0.2) is 0 Å². The Labute approximate surface area is 94.6 Å². The second-order valence-corrected chi connectivity index (χ2v) is 6.34. The highest BCUT2D eigenvalue weighted by atomic mass is 16.5. The molecular formula is C14H26O. The van der Waals surface area contributed by atoms with Crippen molar-refractivity contribution in [1.29, 1.82) is 0 Å². The van der Waals surface area contributed by atoms with Gasteiger partial charge in [-0.05, 0) is 43.9 Å². The second kappa shape index (κ2) is 3.76. The Morgan fingerprint density at radius 1 is 1.27 bits per heavy atom. The van der Waals surface area contributed by atoms with E-state index >= 15 is 0 Å². The minimum Gasteiger partial charge on any atom is -0.371 e. The molecule has 88 valence electrons. The molecule has 0 aromatic rings. The van der Waals surface area contributed by atoms with Crippen LogP contribution in [0, 0.1) is 11.3 Å². The molecule has 2 aliphatic rings. The van der Waals surface area contributed by atoms with Gasteiger partial charge in [-0.15, -0.1) is 0 Å². The van der Waals surface area contributed by atoms with E-state index < -0.39 is 0 Å². The zero-order chi connectivity index (χ0) is 11.1. The zero-order valence-electron chi connectivity index (χ0n) is 10.8. The molecule has 1 heterocycles. The summed E-state index contributed by atoms with van der Waals surface area (Å²) in [5.74, 6) is 0.828. The predicted molar refractivity (Wildman–Crippen MR) is 63.9 cm³/mol. The van der Waals surface area contributed by atoms with Crippen LogP contribution in [0.4, 0.5) is 0 Å². The monoisotopic (exact) mass is 210 g/mol. The third-order valence-electron chi connectivity index (χ3n) is 5.08. The van der Waals surface area contributed by atoms with Crippen molar-refractivity contribution >= 4 is 0 Å². The van der Waals surface area contributed by atoms with Crippen LogP contribution in [0.25, 0.3) is 0 Å². The maximum atomic E-state index is 6.39. The molecule has 1 heteroatoms. The van der Waals surface area contributed by atoms with E-state index in [0.29, 0.717) is 11.5 Å². The largest absolute Gasteiger partial charge is 0.371 e. The Hall–Kier alpha value is -0.0400. The highest BCUT2D eigenvalue weighted by Gasteiger charge is 2.57. The number of hydrogen-bond acceptors (Lipinski definition) is 1. The number of hydrogen-bond donors (Lipinski definition) is 0. The number of fused-ring (bicyclic) bond motifs is 1. The topological polar surface area (TPSA) is 9.23 Å². The molecule has 1 nitrogen and oxygen atoms in total. The third kappa shape index (κ3) is 1.73. The van der Waals surface area contributed by atoms with Crippen LogP contribution in [-0.4, -0.2) is 11.7 Å². The Morgan fingerprint density at radius 3 is 2.60 bits per heavy atom. The number of ether oxygens (including phenoxy) is 1. The van der Waals surface area contributed by atoms with E-state index in [4.69, 9.17) is 4.74 Å². The maximum absolute atomic E-state index is 6.39. The molecule has 0 N–H and O–H groups in total. The summed E-state index contributed by atoms with van der Waals surface area (Å²) >= 11 is 0. The molecule has 1 aliphatic heterocycles. The molecule has 0 spiro atoms. The van der Waals surface area contributed by atoms with Gasteiger partial charge in [0.25, 0.3) is 0 Å². The van der Waals surface area contributed by atoms with Gasteiger partial charge < -0.3 is 4.74 Å². The molecule has 0 radical (unpaired) electrons. The van der Waals surface area contributed by atoms with Gasteiger partial charge in [0.05, 0.1) is 11.7 Å². The normalized spacial score (nSPS) is 43.2. The van der Waals surface area contributed by atoms with Crippen molar-refractivity contribution in [2.45, 2.75) is 77.9 Å². The summed E-state index contributed by atoms with van der Waals surface area (Å²) < 4.78 is 6.39. The summed E-state index contributed by atoms with van der Waals surface area (Å²) in [6.07, 6.45) is 8.50. The van der Waals surface area contributed by atoms with Crippen LogP contribution < -0.4 is 0 Å². The van der Waals surface area contributed by atoms with Crippen LogP contribution in [0.2, 0.25) is 0 Å². The predicted octanol–water partition coefficient (Wildman–Crippen LogP) is 4.16. The lowest BCUT2D eigenvalue weighted by Gasteiger charge is -2.38. The fourth-order valence-corrected chi connectivity index (χ4v) is 3.53. The van der Waals surface area contributed by atoms with Crippen molar-refractivity contribution in [3.05, 3.63) is 0 Å². The summed E-state index contributed by atoms with van der Waals surface area (Å²) in [7, 11) is 0. The smallest absolute Gasteiger partial charge is 0.0737 e. The molecular weight excluding hydrogens is 184 g/mol. The van der Waals surface area contributed by atoms with Crippen molar-refractivity contribution in [3.63, 3.8) is 0 Å². The molecule has 1 aliphatic carbocycles. The lowest BCUT2D eigenvalue weighted by molar-refractivity contribution is -0.100. The van der Waals surface area contributed by atoms with Crippen LogP contribution in [0.3, 0.4) is 0 Å². The first-order chi connectivity index (χ1) is 6.99. The lowest BCUT2D eigenvalue weighted by Crippen LogP contribution is -2.41. The SMILES string of the molecule is CCCCC1CC2CCC(C)(C)C2(C)O1. The van der Waals surface area contributed by atoms with Gasteiger partial charge in [0.2, 0.25) is 0 Å². The van der Waals surface area contributed by atoms with Crippen LogP contribution in [0.15, 0.2) is 0 Å². The minimum atomic E-state index is 0.172. The van der Waals surface area contributed by atoms with E-state index in [0.717, 1.165) is 5.92 Å². The molecule has 0 bridgehead atoms. The third-order valence-corrected chi connectivity index (χ3v) is 5.08. The molecule has 3 atom stereocenters. The van der Waals surface area contributed by atoms with Crippen molar-refractivity contribution in [3.8, 4) is 0 Å². The Kier molecular flexibility index (Phi) is 2.87. The van der Waals surface area contributed by atoms with Gasteiger partial charge in [-0.2, -0.15) is 0 Å². The summed E-state index contributed by atoms with van der Waals surface area (Å²) in [6, 6.07) is 0. The van der Waals surface area contributed by atoms with Gasteiger partial charge in [0.1, 0.15) is 0 Å². The number of unbranched alkanes of at least 4 members (excludes halogenated alkanes) is 1. The van der Waals surface area contributed by atoms with Crippen LogP contribution in [-0.2, 0) is 4.74 Å². The summed E-state index contributed by atoms with van der Waals surface area (Å²) in [6.45, 7) is 9.39. The van der Waals surface area contributed by atoms with E-state index in [1.807, 2.05) is 0 Å². The van der Waals surface area contributed by atoms with E-state index in [1.54, 1.807) is 0 Å². The second-order valence-electron chi connectivity index (χ2n) is 6.34. The standard InChI is InChI=1S/C14H26O/c1-5-6-7-12-10-11-8-9-13(2,3)14(11,4)15-12/h11-12H,5-10H2,1-4H3. The first kappa shape index (κ1) is 11.4. The van der Waals surface area contributed by atoms with Gasteiger partial charge in [0, 0.05) is 0 Å². The van der Waals surface area contributed by atoms with Gasteiger partial charge in [0.15, 0.2) is 0 Å². The van der Waals surface area contributed by atoms with Crippen molar-refractivity contribution in [2.24, 2.45) is 11.3 Å². The zero-order valence-corrected chi connectivity index (χ0v) is 10.8. The van der Waals surface area contributed by atoms with Crippen molar-refractivity contribution < 1.29 is 4.74 Å². The summed E-state index contributed by atoms with van der Waals surface area (Å²) in [5, 5.41) is 0. The molecule has 2 rings (SSSR count). The van der Waals surface area contributed by atoms with Gasteiger partial charge in [-0.1, -0.05) is 33.6 Å². The van der Waals surface area contributed by atoms with E-state index in [9.17, 15) is 0 Å². The van der Waals surface area contributed by atoms with E-state index in [2.05, 4.69) is 27.7 Å². The summed E-state index contributed by atoms with van der Waals surface area (Å²) in [5.41, 5.74) is 0.560. The van der Waals surface area contributed by atoms with Crippen LogP contribution in [0.1, 0.15) is 66.2 Å². The van der Waals surface area contributed by atoms with E-state index in [-0.39, 0.29) is 5.60 Å². The van der Waals surface area contributed by atoms with Crippen molar-refractivity contribution in [1.82, 2.24) is 0 Å². The first-order valence-corrected chi connectivity index (χ1v) is 6.67. The molecule has 2 fully saturated rings. The molecule has 1 saturated carbocycles. The number of rotatable bonds is 3. The maximum Gasteiger partial charge on any atom is 0.0737 e. The average Bonchev–Trinajstić information content (AvgIpc) is 2.59. The highest BCUT2D eigenvalue weighted by molar-refractivity contribution is 5.07. The molecule has 15 heavy (non-hydrogen) atoms.